The molecule has 1 N–H and O–H groups in total. The molecule has 0 spiro atoms. The van der Waals surface area contributed by atoms with Crippen molar-refractivity contribution < 1.29 is 0 Å². The van der Waals surface area contributed by atoms with Gasteiger partial charge in [0.1, 0.15) is 0 Å². The van der Waals surface area contributed by atoms with Gasteiger partial charge in [-0.15, -0.1) is 0 Å². The summed E-state index contributed by atoms with van der Waals surface area (Å²) in [6.45, 7) is 0. The predicted molar refractivity (Wildman–Crippen MR) is 65.6 cm³/mol. The zero-order chi connectivity index (χ0) is 10.3. The predicted octanol–water partition coefficient (Wildman–Crippen LogP) is 3.70. The Morgan fingerprint density at radius 1 is 1.00 bits per heavy atom. The lowest BCUT2D eigenvalue weighted by Gasteiger charge is -2.18. The van der Waals surface area contributed by atoms with Crippen LogP contribution in [0.25, 0.3) is 0 Å². The van der Waals surface area contributed by atoms with Gasteiger partial charge in [0.05, 0.1) is 0 Å². The average Bonchev–Trinajstić information content (AvgIpc) is 2.63. The second-order valence-electron chi connectivity index (χ2n) is 4.52. The Labute approximate surface area is 93.0 Å². The van der Waals surface area contributed by atoms with Crippen molar-refractivity contribution in [3.05, 3.63) is 36.1 Å². The van der Waals surface area contributed by atoms with Crippen LogP contribution in [0.5, 0.6) is 0 Å². The molecular weight excluding hydrogens is 182 g/mol. The smallest absolute Gasteiger partial charge is 0.0339 e. The fraction of sp³-hybridized carbons (Fsp3) is 0.571. The zero-order valence-electron chi connectivity index (χ0n) is 9.41. The SMILES string of the molecule is C1=CCC=CC(NC2CCCCCC2)=C1. The Morgan fingerprint density at radius 2 is 1.80 bits per heavy atom. The molecule has 0 aromatic carbocycles. The number of rotatable bonds is 2. The summed E-state index contributed by atoms with van der Waals surface area (Å²) >= 11 is 0. The van der Waals surface area contributed by atoms with Crippen LogP contribution in [0.4, 0.5) is 0 Å². The normalized spacial score (nSPS) is 23.1. The molecule has 1 saturated carbocycles. The van der Waals surface area contributed by atoms with Crippen molar-refractivity contribution in [2.75, 3.05) is 0 Å². The molecule has 82 valence electrons. The fourth-order valence-corrected chi connectivity index (χ4v) is 2.34. The Bertz CT molecular complexity index is 265. The first-order valence-corrected chi connectivity index (χ1v) is 6.25. The Kier molecular flexibility index (Phi) is 4.07. The van der Waals surface area contributed by atoms with E-state index >= 15 is 0 Å². The van der Waals surface area contributed by atoms with Crippen molar-refractivity contribution in [3.8, 4) is 0 Å². The molecule has 0 aromatic heterocycles. The van der Waals surface area contributed by atoms with Crippen LogP contribution in [0, 0.1) is 0 Å². The van der Waals surface area contributed by atoms with Crippen LogP contribution in [-0.4, -0.2) is 6.04 Å². The highest BCUT2D eigenvalue weighted by molar-refractivity contribution is 5.26. The molecule has 1 heteroatoms. The highest BCUT2D eigenvalue weighted by Gasteiger charge is 2.11. The van der Waals surface area contributed by atoms with Crippen LogP contribution in [-0.2, 0) is 0 Å². The van der Waals surface area contributed by atoms with Gasteiger partial charge in [0.15, 0.2) is 0 Å². The Morgan fingerprint density at radius 3 is 2.60 bits per heavy atom. The van der Waals surface area contributed by atoms with Crippen molar-refractivity contribution in [3.63, 3.8) is 0 Å². The Balaban J connectivity index is 1.89. The van der Waals surface area contributed by atoms with E-state index in [1.165, 1.54) is 44.2 Å². The van der Waals surface area contributed by atoms with Gasteiger partial charge in [-0.1, -0.05) is 43.9 Å². The summed E-state index contributed by atoms with van der Waals surface area (Å²) < 4.78 is 0. The zero-order valence-corrected chi connectivity index (χ0v) is 9.41. The summed E-state index contributed by atoms with van der Waals surface area (Å²) in [7, 11) is 0. The minimum Gasteiger partial charge on any atom is -0.382 e. The van der Waals surface area contributed by atoms with E-state index in [0.29, 0.717) is 6.04 Å². The van der Waals surface area contributed by atoms with E-state index in [9.17, 15) is 0 Å². The minimum atomic E-state index is 0.704. The van der Waals surface area contributed by atoms with E-state index in [-0.39, 0.29) is 0 Å². The molecule has 15 heavy (non-hydrogen) atoms. The number of hydrogen-bond acceptors (Lipinski definition) is 1. The highest BCUT2D eigenvalue weighted by atomic mass is 14.9. The van der Waals surface area contributed by atoms with Crippen molar-refractivity contribution in [2.45, 2.75) is 51.0 Å². The summed E-state index contributed by atoms with van der Waals surface area (Å²) in [5, 5.41) is 3.66. The van der Waals surface area contributed by atoms with Gasteiger partial charge in [0, 0.05) is 11.7 Å². The molecule has 0 radical (unpaired) electrons. The van der Waals surface area contributed by atoms with Crippen LogP contribution in [0.15, 0.2) is 36.1 Å². The molecule has 0 heterocycles. The van der Waals surface area contributed by atoms with Gasteiger partial charge in [-0.2, -0.15) is 0 Å². The van der Waals surface area contributed by atoms with Crippen LogP contribution in [0.1, 0.15) is 44.9 Å². The number of hydrogen-bond donors (Lipinski definition) is 1. The molecular formula is C14H21N. The first-order chi connectivity index (χ1) is 7.45. The lowest BCUT2D eigenvalue weighted by atomic mass is 10.1. The summed E-state index contributed by atoms with van der Waals surface area (Å²) in [5.41, 5.74) is 1.29. The van der Waals surface area contributed by atoms with E-state index < -0.39 is 0 Å². The van der Waals surface area contributed by atoms with Crippen molar-refractivity contribution in [1.82, 2.24) is 5.32 Å². The monoisotopic (exact) mass is 203 g/mol. The van der Waals surface area contributed by atoms with Crippen LogP contribution >= 0.6 is 0 Å². The molecule has 0 aromatic rings. The third kappa shape index (κ3) is 3.58. The molecule has 0 aliphatic heterocycles. The largest absolute Gasteiger partial charge is 0.382 e. The minimum absolute atomic E-state index is 0.704. The number of nitrogens with one attached hydrogen (secondary N) is 1. The van der Waals surface area contributed by atoms with Crippen molar-refractivity contribution in [2.24, 2.45) is 0 Å². The van der Waals surface area contributed by atoms with Gasteiger partial charge >= 0.3 is 0 Å². The standard InChI is InChI=1S/C14H21N/c1-2-6-10-13(9-5-1)15-14-11-7-3-4-8-12-14/h1,5-6,9-10,14-15H,2-4,7-8,11-12H2. The second-order valence-corrected chi connectivity index (χ2v) is 4.52. The maximum atomic E-state index is 3.66. The molecule has 2 aliphatic rings. The van der Waals surface area contributed by atoms with Crippen LogP contribution in [0.2, 0.25) is 0 Å². The van der Waals surface area contributed by atoms with Crippen molar-refractivity contribution >= 4 is 0 Å². The van der Waals surface area contributed by atoms with Gasteiger partial charge in [0.2, 0.25) is 0 Å². The molecule has 0 bridgehead atoms. The molecule has 1 nitrogen and oxygen atoms in total. The van der Waals surface area contributed by atoms with Gasteiger partial charge in [0.25, 0.3) is 0 Å². The van der Waals surface area contributed by atoms with Gasteiger partial charge in [-0.25, -0.2) is 0 Å². The van der Waals surface area contributed by atoms with Gasteiger partial charge in [-0.3, -0.25) is 0 Å². The maximum absolute atomic E-state index is 3.66. The van der Waals surface area contributed by atoms with E-state index in [0.717, 1.165) is 6.42 Å². The first kappa shape index (κ1) is 10.5. The van der Waals surface area contributed by atoms with Gasteiger partial charge in [-0.05, 0) is 31.4 Å². The molecule has 1 fully saturated rings. The fourth-order valence-electron chi connectivity index (χ4n) is 2.34. The highest BCUT2D eigenvalue weighted by Crippen LogP contribution is 2.18. The quantitative estimate of drug-likeness (QED) is 0.675. The third-order valence-corrected chi connectivity index (χ3v) is 3.21. The number of allylic oxidation sites excluding steroid dienone is 5. The molecule has 2 rings (SSSR count). The topological polar surface area (TPSA) is 12.0 Å². The molecule has 0 atom stereocenters. The van der Waals surface area contributed by atoms with Gasteiger partial charge < -0.3 is 5.32 Å². The second kappa shape index (κ2) is 5.79. The van der Waals surface area contributed by atoms with E-state index in [1.807, 2.05) is 0 Å². The van der Waals surface area contributed by atoms with E-state index in [4.69, 9.17) is 0 Å². The summed E-state index contributed by atoms with van der Waals surface area (Å²) in [5.74, 6) is 0. The summed E-state index contributed by atoms with van der Waals surface area (Å²) in [6, 6.07) is 0.704. The summed E-state index contributed by atoms with van der Waals surface area (Å²) in [4.78, 5) is 0. The average molecular weight is 203 g/mol. The molecule has 0 amide bonds. The van der Waals surface area contributed by atoms with E-state index in [1.54, 1.807) is 0 Å². The lowest BCUT2D eigenvalue weighted by molar-refractivity contribution is 0.507. The van der Waals surface area contributed by atoms with Crippen LogP contribution < -0.4 is 5.32 Å². The third-order valence-electron chi connectivity index (χ3n) is 3.21. The molecule has 0 unspecified atom stereocenters. The molecule has 0 saturated heterocycles. The first-order valence-electron chi connectivity index (χ1n) is 6.25. The Hall–Kier alpha value is -0.980. The summed E-state index contributed by atoms with van der Waals surface area (Å²) in [6.07, 6.45) is 20.3. The maximum Gasteiger partial charge on any atom is 0.0339 e. The lowest BCUT2D eigenvalue weighted by Crippen LogP contribution is -2.26. The van der Waals surface area contributed by atoms with Crippen LogP contribution in [0.3, 0.4) is 0 Å². The van der Waals surface area contributed by atoms with E-state index in [2.05, 4.69) is 35.7 Å². The molecule has 2 aliphatic carbocycles. The van der Waals surface area contributed by atoms with Crippen molar-refractivity contribution in [1.29, 1.82) is 0 Å².